The molecule has 1 fully saturated rings. The second-order valence-corrected chi connectivity index (χ2v) is 5.57. The van der Waals surface area contributed by atoms with Gasteiger partial charge in [0.05, 0.1) is 25.0 Å². The van der Waals surface area contributed by atoms with Crippen LogP contribution in [0.15, 0.2) is 17.5 Å². The van der Waals surface area contributed by atoms with Gasteiger partial charge in [0.1, 0.15) is 0 Å². The van der Waals surface area contributed by atoms with Gasteiger partial charge in [-0.2, -0.15) is 0 Å². The molecule has 1 aliphatic heterocycles. The smallest absolute Gasteiger partial charge is 0.305 e. The molecule has 19 heavy (non-hydrogen) atoms. The van der Waals surface area contributed by atoms with E-state index >= 15 is 0 Å². The van der Waals surface area contributed by atoms with E-state index < -0.39 is 12.0 Å². The first-order chi connectivity index (χ1) is 9.16. The molecule has 1 aromatic heterocycles. The molecule has 0 spiro atoms. The fourth-order valence-corrected chi connectivity index (χ4v) is 2.90. The largest absolute Gasteiger partial charge is 0.481 e. The zero-order valence-corrected chi connectivity index (χ0v) is 11.3. The van der Waals surface area contributed by atoms with E-state index in [1.807, 2.05) is 17.5 Å². The SMILES string of the molecule is O=C(O)C[C@H](NC(=O)[C@H]1CCCOC1)c1cccs1. The molecule has 104 valence electrons. The maximum atomic E-state index is 12.1. The molecule has 0 saturated carbocycles. The van der Waals surface area contributed by atoms with Crippen molar-refractivity contribution < 1.29 is 19.4 Å². The van der Waals surface area contributed by atoms with Gasteiger partial charge in [-0.1, -0.05) is 6.07 Å². The lowest BCUT2D eigenvalue weighted by molar-refractivity contribution is -0.138. The van der Waals surface area contributed by atoms with Crippen molar-refractivity contribution in [2.24, 2.45) is 5.92 Å². The Morgan fingerprint density at radius 3 is 3.00 bits per heavy atom. The molecule has 0 unspecified atom stereocenters. The third-order valence-corrected chi connectivity index (χ3v) is 4.10. The third-order valence-electron chi connectivity index (χ3n) is 3.11. The Labute approximate surface area is 115 Å². The average molecular weight is 283 g/mol. The van der Waals surface area contributed by atoms with Gasteiger partial charge in [-0.15, -0.1) is 11.3 Å². The molecule has 0 aromatic carbocycles. The van der Waals surface area contributed by atoms with Crippen molar-refractivity contribution in [3.05, 3.63) is 22.4 Å². The minimum Gasteiger partial charge on any atom is -0.481 e. The molecule has 6 heteroatoms. The number of carbonyl (C=O) groups is 2. The van der Waals surface area contributed by atoms with E-state index in [0.717, 1.165) is 17.7 Å². The fraction of sp³-hybridized carbons (Fsp3) is 0.538. The summed E-state index contributed by atoms with van der Waals surface area (Å²) in [5.41, 5.74) is 0. The highest BCUT2D eigenvalue weighted by Crippen LogP contribution is 2.23. The van der Waals surface area contributed by atoms with Crippen LogP contribution in [0.2, 0.25) is 0 Å². The van der Waals surface area contributed by atoms with Crippen LogP contribution < -0.4 is 5.32 Å². The molecule has 2 heterocycles. The van der Waals surface area contributed by atoms with Crippen LogP contribution in [0.25, 0.3) is 0 Å². The van der Waals surface area contributed by atoms with Crippen LogP contribution in [-0.4, -0.2) is 30.2 Å². The Morgan fingerprint density at radius 1 is 1.58 bits per heavy atom. The number of nitrogens with one attached hydrogen (secondary N) is 1. The van der Waals surface area contributed by atoms with Crippen molar-refractivity contribution >= 4 is 23.2 Å². The fourth-order valence-electron chi connectivity index (χ4n) is 2.12. The monoisotopic (exact) mass is 283 g/mol. The first-order valence-electron chi connectivity index (χ1n) is 6.30. The van der Waals surface area contributed by atoms with Gasteiger partial charge in [0.25, 0.3) is 0 Å². The molecule has 1 aliphatic rings. The highest BCUT2D eigenvalue weighted by molar-refractivity contribution is 7.10. The van der Waals surface area contributed by atoms with Crippen molar-refractivity contribution in [3.63, 3.8) is 0 Å². The maximum Gasteiger partial charge on any atom is 0.305 e. The van der Waals surface area contributed by atoms with Gasteiger partial charge in [0, 0.05) is 11.5 Å². The molecule has 0 bridgehead atoms. The van der Waals surface area contributed by atoms with E-state index in [9.17, 15) is 9.59 Å². The first-order valence-corrected chi connectivity index (χ1v) is 7.18. The predicted molar refractivity (Wildman–Crippen MR) is 71.0 cm³/mol. The Balaban J connectivity index is 1.99. The molecular formula is C13H17NO4S. The standard InChI is InChI=1S/C13H17NO4S/c15-12(16)7-10(11-4-2-6-19-11)14-13(17)9-3-1-5-18-8-9/h2,4,6,9-10H,1,3,5,7-8H2,(H,14,17)(H,15,16)/t9-,10-/m0/s1. The van der Waals surface area contributed by atoms with Crippen molar-refractivity contribution in [2.45, 2.75) is 25.3 Å². The maximum absolute atomic E-state index is 12.1. The van der Waals surface area contributed by atoms with Crippen LogP contribution in [0.4, 0.5) is 0 Å². The van der Waals surface area contributed by atoms with Crippen molar-refractivity contribution in [1.82, 2.24) is 5.32 Å². The summed E-state index contributed by atoms with van der Waals surface area (Å²) < 4.78 is 5.28. The summed E-state index contributed by atoms with van der Waals surface area (Å²) in [5.74, 6) is -1.19. The van der Waals surface area contributed by atoms with Gasteiger partial charge in [-0.25, -0.2) is 0 Å². The second-order valence-electron chi connectivity index (χ2n) is 4.59. The minimum absolute atomic E-state index is 0.0974. The van der Waals surface area contributed by atoms with E-state index in [4.69, 9.17) is 9.84 Å². The van der Waals surface area contributed by atoms with Gasteiger partial charge < -0.3 is 15.2 Å². The van der Waals surface area contributed by atoms with E-state index in [1.165, 1.54) is 11.3 Å². The molecule has 1 aromatic rings. The number of hydrogen-bond acceptors (Lipinski definition) is 4. The summed E-state index contributed by atoms with van der Waals surface area (Å²) in [5, 5.41) is 13.6. The lowest BCUT2D eigenvalue weighted by atomic mass is 10.0. The summed E-state index contributed by atoms with van der Waals surface area (Å²) >= 11 is 1.45. The van der Waals surface area contributed by atoms with Crippen LogP contribution in [-0.2, 0) is 14.3 Å². The summed E-state index contributed by atoms with van der Waals surface area (Å²) in [6, 6.07) is 3.24. The van der Waals surface area contributed by atoms with Crippen molar-refractivity contribution in [2.75, 3.05) is 13.2 Å². The summed E-state index contributed by atoms with van der Waals surface area (Å²) in [7, 11) is 0. The van der Waals surface area contributed by atoms with Crippen LogP contribution in [0.5, 0.6) is 0 Å². The topological polar surface area (TPSA) is 75.6 Å². The van der Waals surface area contributed by atoms with Crippen LogP contribution in [0.3, 0.4) is 0 Å². The van der Waals surface area contributed by atoms with E-state index in [-0.39, 0.29) is 18.2 Å². The Morgan fingerprint density at radius 2 is 2.42 bits per heavy atom. The number of rotatable bonds is 5. The van der Waals surface area contributed by atoms with E-state index in [2.05, 4.69) is 5.32 Å². The number of ether oxygens (including phenoxy) is 1. The lowest BCUT2D eigenvalue weighted by Gasteiger charge is -2.24. The minimum atomic E-state index is -0.918. The lowest BCUT2D eigenvalue weighted by Crippen LogP contribution is -2.38. The number of carbonyl (C=O) groups excluding carboxylic acids is 1. The number of hydrogen-bond donors (Lipinski definition) is 2. The third kappa shape index (κ3) is 4.04. The Kier molecular flexibility index (Phi) is 4.93. The Bertz CT molecular complexity index is 426. The number of carboxylic acids is 1. The molecule has 2 N–H and O–H groups in total. The summed E-state index contributed by atoms with van der Waals surface area (Å²) in [4.78, 5) is 23.9. The molecule has 1 amide bonds. The van der Waals surface area contributed by atoms with Crippen LogP contribution >= 0.6 is 11.3 Å². The van der Waals surface area contributed by atoms with Gasteiger partial charge in [-0.05, 0) is 24.3 Å². The highest BCUT2D eigenvalue weighted by atomic mass is 32.1. The Hall–Kier alpha value is -1.40. The quantitative estimate of drug-likeness (QED) is 0.864. The zero-order chi connectivity index (χ0) is 13.7. The molecule has 2 rings (SSSR count). The molecule has 0 aliphatic carbocycles. The second kappa shape index (κ2) is 6.68. The highest BCUT2D eigenvalue weighted by Gasteiger charge is 2.26. The molecular weight excluding hydrogens is 266 g/mol. The number of aliphatic carboxylic acids is 1. The van der Waals surface area contributed by atoms with Crippen LogP contribution in [0.1, 0.15) is 30.2 Å². The normalized spacial score (nSPS) is 20.7. The van der Waals surface area contributed by atoms with Gasteiger partial charge >= 0.3 is 5.97 Å². The van der Waals surface area contributed by atoms with E-state index in [1.54, 1.807) is 0 Å². The zero-order valence-electron chi connectivity index (χ0n) is 10.5. The summed E-state index contributed by atoms with van der Waals surface area (Å²) in [6.45, 7) is 1.13. The number of thiophene rings is 1. The van der Waals surface area contributed by atoms with Gasteiger partial charge in [-0.3, -0.25) is 9.59 Å². The van der Waals surface area contributed by atoms with Crippen molar-refractivity contribution in [1.29, 1.82) is 0 Å². The van der Waals surface area contributed by atoms with Crippen LogP contribution in [0, 0.1) is 5.92 Å². The predicted octanol–water partition coefficient (Wildman–Crippen LogP) is 1.81. The first kappa shape index (κ1) is 14.0. The van der Waals surface area contributed by atoms with E-state index in [0.29, 0.717) is 13.2 Å². The van der Waals surface area contributed by atoms with Gasteiger partial charge in [0.15, 0.2) is 0 Å². The number of amides is 1. The molecule has 0 radical (unpaired) electrons. The molecule has 1 saturated heterocycles. The average Bonchev–Trinajstić information content (AvgIpc) is 2.92. The number of carboxylic acid groups (broad SMARTS) is 1. The molecule has 5 nitrogen and oxygen atoms in total. The summed E-state index contributed by atoms with van der Waals surface area (Å²) in [6.07, 6.45) is 1.58. The molecule has 2 atom stereocenters. The van der Waals surface area contributed by atoms with Gasteiger partial charge in [0.2, 0.25) is 5.91 Å². The van der Waals surface area contributed by atoms with Crippen molar-refractivity contribution in [3.8, 4) is 0 Å².